The van der Waals surface area contributed by atoms with Gasteiger partial charge in [0, 0.05) is 6.42 Å². The summed E-state index contributed by atoms with van der Waals surface area (Å²) in [6.07, 6.45) is 51.9. The second-order valence-corrected chi connectivity index (χ2v) is 14.1. The van der Waals surface area contributed by atoms with Crippen LogP contribution in [0.25, 0.3) is 0 Å². The van der Waals surface area contributed by atoms with Crippen LogP contribution >= 0.6 is 0 Å². The first-order valence-corrected chi connectivity index (χ1v) is 20.4. The second kappa shape index (κ2) is 32.6. The van der Waals surface area contributed by atoms with Gasteiger partial charge in [0.05, 0.1) is 13.1 Å². The Kier molecular flexibility index (Phi) is 30.5. The highest BCUT2D eigenvalue weighted by molar-refractivity contribution is 4.84. The van der Waals surface area contributed by atoms with Crippen molar-refractivity contribution >= 4 is 0 Å². The van der Waals surface area contributed by atoms with E-state index in [-0.39, 0.29) is 0 Å². The Morgan fingerprint density at radius 3 is 1.12 bits per heavy atom. The first-order chi connectivity index (χ1) is 21.3. The molecular formula is C41H81N2+. The number of nitrogens with zero attached hydrogens (tertiary/aromatic N) is 2. The van der Waals surface area contributed by atoms with Crippen molar-refractivity contribution in [1.29, 1.82) is 0 Å². The lowest BCUT2D eigenvalue weighted by Gasteiger charge is -2.07. The smallest absolute Gasteiger partial charge is 0.234 e. The van der Waals surface area contributed by atoms with Gasteiger partial charge in [-0.2, -0.15) is 0 Å². The first-order valence-electron chi connectivity index (χ1n) is 20.4. The van der Waals surface area contributed by atoms with Crippen molar-refractivity contribution in [2.75, 3.05) is 0 Å². The summed E-state index contributed by atoms with van der Waals surface area (Å²) >= 11 is 0. The summed E-state index contributed by atoms with van der Waals surface area (Å²) in [6, 6.07) is 0. The summed E-state index contributed by atoms with van der Waals surface area (Å²) in [5, 5.41) is 0. The molecular weight excluding hydrogens is 520 g/mol. The van der Waals surface area contributed by atoms with Crippen LogP contribution in [0, 0.1) is 0 Å². The van der Waals surface area contributed by atoms with Gasteiger partial charge in [-0.05, 0) is 32.1 Å². The van der Waals surface area contributed by atoms with Crippen molar-refractivity contribution in [1.82, 2.24) is 4.57 Å². The molecule has 0 atom stereocenters. The lowest BCUT2D eigenvalue weighted by Crippen LogP contribution is -2.37. The third kappa shape index (κ3) is 25.1. The third-order valence-corrected chi connectivity index (χ3v) is 9.85. The molecule has 0 saturated carbocycles. The molecule has 1 aromatic rings. The van der Waals surface area contributed by atoms with Crippen molar-refractivity contribution in [3.63, 3.8) is 0 Å². The van der Waals surface area contributed by atoms with Crippen LogP contribution in [-0.4, -0.2) is 4.57 Å². The van der Waals surface area contributed by atoms with E-state index in [1.807, 2.05) is 0 Å². The van der Waals surface area contributed by atoms with Crippen LogP contribution in [-0.2, 0) is 19.5 Å². The van der Waals surface area contributed by atoms with Crippen LogP contribution in [0.5, 0.6) is 0 Å². The SMILES string of the molecule is CCCCCCCCCCCCCCCCC[n+]1ccn(CCCCCCCC)c1CCCCCCCCCCCCC. The maximum Gasteiger partial charge on any atom is 0.256 e. The van der Waals surface area contributed by atoms with Crippen LogP contribution in [0.2, 0.25) is 0 Å². The van der Waals surface area contributed by atoms with Crippen molar-refractivity contribution in [3.8, 4) is 0 Å². The molecule has 0 radical (unpaired) electrons. The summed E-state index contributed by atoms with van der Waals surface area (Å²) in [7, 11) is 0. The van der Waals surface area contributed by atoms with Gasteiger partial charge >= 0.3 is 0 Å². The molecule has 1 aromatic heterocycles. The Labute approximate surface area is 272 Å². The Hall–Kier alpha value is -0.790. The molecule has 2 heteroatoms. The maximum atomic E-state index is 2.63. The first kappa shape index (κ1) is 40.2. The van der Waals surface area contributed by atoms with Crippen LogP contribution in [0.3, 0.4) is 0 Å². The van der Waals surface area contributed by atoms with Crippen molar-refractivity contribution in [2.45, 2.75) is 246 Å². The Balaban J connectivity index is 2.22. The Bertz CT molecular complexity index is 663. The molecule has 1 heterocycles. The van der Waals surface area contributed by atoms with Gasteiger partial charge in [0.25, 0.3) is 5.82 Å². The predicted molar refractivity (Wildman–Crippen MR) is 193 cm³/mol. The van der Waals surface area contributed by atoms with Gasteiger partial charge in [-0.25, -0.2) is 9.13 Å². The highest BCUT2D eigenvalue weighted by Crippen LogP contribution is 2.15. The third-order valence-electron chi connectivity index (χ3n) is 9.85. The van der Waals surface area contributed by atoms with Gasteiger partial charge in [0.15, 0.2) is 0 Å². The van der Waals surface area contributed by atoms with E-state index in [0.717, 1.165) is 0 Å². The standard InChI is InChI=1S/C41H81N2/c1-4-7-10-13-16-18-20-21-22-23-25-27-29-32-35-38-43-40-39-42(37-34-31-15-12-9-6-3)41(43)36-33-30-28-26-24-19-17-14-11-8-5-2/h39-40H,4-38H2,1-3H3/q+1. The van der Waals surface area contributed by atoms with Gasteiger partial charge in [-0.15, -0.1) is 0 Å². The zero-order valence-electron chi connectivity index (χ0n) is 30.3. The molecule has 0 bridgehead atoms. The number of rotatable bonds is 35. The van der Waals surface area contributed by atoms with E-state index >= 15 is 0 Å². The van der Waals surface area contributed by atoms with E-state index < -0.39 is 0 Å². The maximum absolute atomic E-state index is 2.63. The van der Waals surface area contributed by atoms with Crippen molar-refractivity contribution < 1.29 is 4.57 Å². The number of aromatic nitrogens is 2. The summed E-state index contributed by atoms with van der Waals surface area (Å²) < 4.78 is 5.26. The summed E-state index contributed by atoms with van der Waals surface area (Å²) in [5.74, 6) is 1.62. The second-order valence-electron chi connectivity index (χ2n) is 14.1. The Morgan fingerprint density at radius 2 is 0.721 bits per heavy atom. The van der Waals surface area contributed by atoms with E-state index in [2.05, 4.69) is 42.3 Å². The largest absolute Gasteiger partial charge is 0.256 e. The van der Waals surface area contributed by atoms with Crippen molar-refractivity contribution in [2.24, 2.45) is 0 Å². The summed E-state index contributed by atoms with van der Waals surface area (Å²) in [4.78, 5) is 0. The average molecular weight is 602 g/mol. The highest BCUT2D eigenvalue weighted by Gasteiger charge is 2.16. The van der Waals surface area contributed by atoms with E-state index in [4.69, 9.17) is 0 Å². The van der Waals surface area contributed by atoms with E-state index in [9.17, 15) is 0 Å². The normalized spacial score (nSPS) is 11.6. The van der Waals surface area contributed by atoms with E-state index in [0.29, 0.717) is 0 Å². The molecule has 0 amide bonds. The quantitative estimate of drug-likeness (QED) is 0.0540. The fourth-order valence-electron chi connectivity index (χ4n) is 6.86. The number of hydrogen-bond donors (Lipinski definition) is 0. The molecule has 0 aromatic carbocycles. The topological polar surface area (TPSA) is 8.81 Å². The predicted octanol–water partition coefficient (Wildman–Crippen LogP) is 13.9. The fraction of sp³-hybridized carbons (Fsp3) is 0.927. The minimum Gasteiger partial charge on any atom is -0.234 e. The van der Waals surface area contributed by atoms with Gasteiger partial charge in [0.2, 0.25) is 0 Å². The summed E-state index contributed by atoms with van der Waals surface area (Å²) in [6.45, 7) is 9.40. The Morgan fingerprint density at radius 1 is 0.395 bits per heavy atom. The van der Waals surface area contributed by atoms with Gasteiger partial charge in [0.1, 0.15) is 12.4 Å². The fourth-order valence-corrected chi connectivity index (χ4v) is 6.86. The van der Waals surface area contributed by atoms with Gasteiger partial charge in [-0.1, -0.05) is 194 Å². The van der Waals surface area contributed by atoms with Gasteiger partial charge in [-0.3, -0.25) is 0 Å². The molecule has 0 N–H and O–H groups in total. The zero-order chi connectivity index (χ0) is 30.9. The van der Waals surface area contributed by atoms with Crippen LogP contribution in [0.15, 0.2) is 12.4 Å². The van der Waals surface area contributed by atoms with Crippen LogP contribution in [0.4, 0.5) is 0 Å². The lowest BCUT2D eigenvalue weighted by atomic mass is 10.0. The molecule has 0 aliphatic carbocycles. The average Bonchev–Trinajstić information content (AvgIpc) is 3.40. The molecule has 2 nitrogen and oxygen atoms in total. The molecule has 0 aliphatic rings. The summed E-state index contributed by atoms with van der Waals surface area (Å²) in [5.41, 5.74) is 0. The van der Waals surface area contributed by atoms with Crippen LogP contribution < -0.4 is 4.57 Å². The van der Waals surface area contributed by atoms with Gasteiger partial charge < -0.3 is 0 Å². The number of hydrogen-bond acceptors (Lipinski definition) is 0. The molecule has 0 aliphatic heterocycles. The van der Waals surface area contributed by atoms with Crippen molar-refractivity contribution in [3.05, 3.63) is 18.2 Å². The van der Waals surface area contributed by atoms with E-state index in [1.165, 1.54) is 225 Å². The van der Waals surface area contributed by atoms with E-state index in [1.54, 1.807) is 5.82 Å². The molecule has 0 unspecified atom stereocenters. The molecule has 1 rings (SSSR count). The number of imidazole rings is 1. The molecule has 43 heavy (non-hydrogen) atoms. The van der Waals surface area contributed by atoms with Crippen LogP contribution in [0.1, 0.15) is 232 Å². The highest BCUT2D eigenvalue weighted by atomic mass is 15.1. The minimum absolute atomic E-state index is 1.23. The zero-order valence-corrected chi connectivity index (χ0v) is 30.3. The molecule has 0 saturated heterocycles. The molecule has 0 fully saturated rings. The minimum atomic E-state index is 1.23. The monoisotopic (exact) mass is 602 g/mol. The number of aryl methyl sites for hydroxylation is 2. The molecule has 0 spiro atoms. The number of unbranched alkanes of at least 4 members (excludes halogenated alkanes) is 29. The molecule has 254 valence electrons. The lowest BCUT2D eigenvalue weighted by molar-refractivity contribution is -0.704.